The average Bonchev–Trinajstić information content (AvgIpc) is 2.75. The molecule has 1 aromatic carbocycles. The van der Waals surface area contributed by atoms with Crippen LogP contribution in [0.1, 0.15) is 10.4 Å². The minimum absolute atomic E-state index is 0.216. The lowest BCUT2D eigenvalue weighted by Gasteiger charge is -2.07. The number of hydrogen-bond donors (Lipinski definition) is 0. The molecule has 0 saturated heterocycles. The maximum atomic E-state index is 11.6. The van der Waals surface area contributed by atoms with E-state index in [9.17, 15) is 8.42 Å². The van der Waals surface area contributed by atoms with E-state index in [0.717, 1.165) is 20.7 Å². The van der Waals surface area contributed by atoms with Gasteiger partial charge in [-0.2, -0.15) is 0 Å². The molecule has 22 heavy (non-hydrogen) atoms. The maximum absolute atomic E-state index is 11.6. The first-order valence-corrected chi connectivity index (χ1v) is 9.26. The van der Waals surface area contributed by atoms with Crippen molar-refractivity contribution in [1.82, 2.24) is 9.97 Å². The summed E-state index contributed by atoms with van der Waals surface area (Å²) in [4.78, 5) is 10.7. The average molecular weight is 334 g/mol. The summed E-state index contributed by atoms with van der Waals surface area (Å²) < 4.78 is 29.1. The molecule has 114 valence electrons. The fourth-order valence-electron chi connectivity index (χ4n) is 2.11. The summed E-state index contributed by atoms with van der Waals surface area (Å²) in [7, 11) is -3.27. The second kappa shape index (κ2) is 5.33. The first kappa shape index (κ1) is 14.9. The number of ether oxygens (including phenoxy) is 1. The van der Waals surface area contributed by atoms with Crippen LogP contribution in [0.3, 0.4) is 0 Å². The van der Waals surface area contributed by atoms with Crippen LogP contribution in [0, 0.1) is 13.8 Å². The van der Waals surface area contributed by atoms with E-state index in [1.807, 2.05) is 13.8 Å². The lowest BCUT2D eigenvalue weighted by molar-refractivity contribution is 0.466. The molecule has 0 aliphatic carbocycles. The van der Waals surface area contributed by atoms with Crippen LogP contribution in [0.5, 0.6) is 11.6 Å². The number of aromatic nitrogens is 2. The van der Waals surface area contributed by atoms with Crippen molar-refractivity contribution < 1.29 is 13.2 Å². The molecule has 0 bridgehead atoms. The number of aryl methyl sites for hydroxylation is 2. The van der Waals surface area contributed by atoms with Crippen LogP contribution >= 0.6 is 11.3 Å². The third kappa shape index (κ3) is 2.69. The van der Waals surface area contributed by atoms with Crippen LogP contribution in [0.15, 0.2) is 35.5 Å². The first-order valence-electron chi connectivity index (χ1n) is 6.55. The molecular weight excluding hydrogens is 320 g/mol. The van der Waals surface area contributed by atoms with Gasteiger partial charge in [0.15, 0.2) is 9.84 Å². The number of hydrogen-bond acceptors (Lipinski definition) is 6. The highest BCUT2D eigenvalue weighted by atomic mass is 32.2. The van der Waals surface area contributed by atoms with Crippen molar-refractivity contribution in [2.75, 3.05) is 6.26 Å². The molecule has 0 fully saturated rings. The van der Waals surface area contributed by atoms with Crippen molar-refractivity contribution in [2.45, 2.75) is 18.7 Å². The molecule has 0 aliphatic heterocycles. The number of fused-ring (bicyclic) bond motifs is 1. The van der Waals surface area contributed by atoms with Gasteiger partial charge in [0, 0.05) is 11.1 Å². The highest BCUT2D eigenvalue weighted by molar-refractivity contribution is 7.90. The Balaban J connectivity index is 2.08. The molecule has 0 saturated carbocycles. The van der Waals surface area contributed by atoms with Gasteiger partial charge >= 0.3 is 0 Å². The van der Waals surface area contributed by atoms with Gasteiger partial charge in [-0.3, -0.25) is 0 Å². The molecule has 3 aromatic rings. The quantitative estimate of drug-likeness (QED) is 0.733. The predicted octanol–water partition coefficient (Wildman–Crippen LogP) is 3.50. The normalized spacial score (nSPS) is 11.8. The van der Waals surface area contributed by atoms with Crippen molar-refractivity contribution in [3.8, 4) is 11.6 Å². The molecular formula is C15H14N2O3S2. The largest absolute Gasteiger partial charge is 0.438 e. The Morgan fingerprint density at radius 3 is 2.68 bits per heavy atom. The fraction of sp³-hybridized carbons (Fsp3) is 0.200. The van der Waals surface area contributed by atoms with Crippen molar-refractivity contribution in [3.63, 3.8) is 0 Å². The molecule has 0 atom stereocenters. The van der Waals surface area contributed by atoms with Gasteiger partial charge in [0.05, 0.1) is 10.3 Å². The van der Waals surface area contributed by atoms with Gasteiger partial charge in [0.1, 0.15) is 16.9 Å². The van der Waals surface area contributed by atoms with Gasteiger partial charge in [0.25, 0.3) is 0 Å². The molecule has 0 spiro atoms. The van der Waals surface area contributed by atoms with Gasteiger partial charge in [-0.1, -0.05) is 6.07 Å². The number of thiophene rings is 1. The summed E-state index contributed by atoms with van der Waals surface area (Å²) >= 11 is 1.58. The minimum atomic E-state index is -3.27. The summed E-state index contributed by atoms with van der Waals surface area (Å²) in [5, 5.41) is 0.870. The van der Waals surface area contributed by atoms with E-state index in [4.69, 9.17) is 4.74 Å². The van der Waals surface area contributed by atoms with E-state index in [-0.39, 0.29) is 4.90 Å². The zero-order valence-corrected chi connectivity index (χ0v) is 14.0. The summed E-state index contributed by atoms with van der Waals surface area (Å²) in [6, 6.07) is 6.39. The Labute approximate surface area is 132 Å². The van der Waals surface area contributed by atoms with Gasteiger partial charge < -0.3 is 4.74 Å². The predicted molar refractivity (Wildman–Crippen MR) is 86.5 cm³/mol. The first-order chi connectivity index (χ1) is 10.4. The van der Waals surface area contributed by atoms with Crippen LogP contribution < -0.4 is 4.74 Å². The zero-order chi connectivity index (χ0) is 15.9. The van der Waals surface area contributed by atoms with Crippen LogP contribution in [0.4, 0.5) is 0 Å². The Bertz CT molecular complexity index is 962. The van der Waals surface area contributed by atoms with E-state index in [2.05, 4.69) is 9.97 Å². The number of sulfone groups is 1. The third-order valence-corrected chi connectivity index (χ3v) is 5.60. The second-order valence-electron chi connectivity index (χ2n) is 4.99. The second-order valence-corrected chi connectivity index (χ2v) is 8.21. The highest BCUT2D eigenvalue weighted by Crippen LogP contribution is 2.35. The van der Waals surface area contributed by atoms with Gasteiger partial charge in [-0.05, 0) is 37.6 Å². The Morgan fingerprint density at radius 2 is 1.95 bits per heavy atom. The molecule has 2 heterocycles. The maximum Gasteiger partial charge on any atom is 0.231 e. The molecule has 0 amide bonds. The van der Waals surface area contributed by atoms with E-state index in [1.165, 1.54) is 24.7 Å². The van der Waals surface area contributed by atoms with Crippen LogP contribution in [0.2, 0.25) is 0 Å². The Morgan fingerprint density at radius 1 is 1.18 bits per heavy atom. The Kier molecular flexibility index (Phi) is 3.62. The van der Waals surface area contributed by atoms with Crippen LogP contribution in [-0.4, -0.2) is 24.6 Å². The molecule has 7 heteroatoms. The van der Waals surface area contributed by atoms with Gasteiger partial charge in [0.2, 0.25) is 5.88 Å². The monoisotopic (exact) mass is 334 g/mol. The summed E-state index contributed by atoms with van der Waals surface area (Å²) in [5.74, 6) is 0.878. The molecule has 0 unspecified atom stereocenters. The third-order valence-electron chi connectivity index (χ3n) is 3.38. The smallest absolute Gasteiger partial charge is 0.231 e. The topological polar surface area (TPSA) is 69.2 Å². The van der Waals surface area contributed by atoms with Crippen molar-refractivity contribution in [1.29, 1.82) is 0 Å². The lowest BCUT2D eigenvalue weighted by atomic mass is 10.2. The number of benzene rings is 1. The number of nitrogens with zero attached hydrogens (tertiary/aromatic N) is 2. The summed E-state index contributed by atoms with van der Waals surface area (Å²) in [5.41, 5.74) is 1.08. The molecule has 0 N–H and O–H groups in total. The van der Waals surface area contributed by atoms with Crippen molar-refractivity contribution in [3.05, 3.63) is 41.0 Å². The molecule has 3 rings (SSSR count). The molecule has 0 radical (unpaired) electrons. The summed E-state index contributed by atoms with van der Waals surface area (Å²) in [6.07, 6.45) is 2.62. The standard InChI is InChI=1S/C15H14N2O3S2/c1-9-10(2)21-15-13(9)14(16-8-17-15)20-11-5-4-6-12(7-11)22(3,18)19/h4-8H,1-3H3. The number of rotatable bonds is 3. The van der Waals surface area contributed by atoms with Crippen molar-refractivity contribution in [2.24, 2.45) is 0 Å². The van der Waals surface area contributed by atoms with Crippen LogP contribution in [-0.2, 0) is 9.84 Å². The molecule has 2 aromatic heterocycles. The van der Waals surface area contributed by atoms with E-state index < -0.39 is 9.84 Å². The van der Waals surface area contributed by atoms with E-state index in [0.29, 0.717) is 11.6 Å². The fourth-order valence-corrected chi connectivity index (χ4v) is 3.75. The SMILES string of the molecule is Cc1sc2ncnc(Oc3cccc(S(C)(=O)=O)c3)c2c1C. The van der Waals surface area contributed by atoms with Crippen LogP contribution in [0.25, 0.3) is 10.2 Å². The minimum Gasteiger partial charge on any atom is -0.438 e. The van der Waals surface area contributed by atoms with Gasteiger partial charge in [-0.15, -0.1) is 11.3 Å². The molecule has 5 nitrogen and oxygen atoms in total. The summed E-state index contributed by atoms with van der Waals surface area (Å²) in [6.45, 7) is 4.02. The Hall–Kier alpha value is -1.99. The highest BCUT2D eigenvalue weighted by Gasteiger charge is 2.14. The van der Waals surface area contributed by atoms with Crippen molar-refractivity contribution >= 4 is 31.4 Å². The van der Waals surface area contributed by atoms with E-state index in [1.54, 1.807) is 23.5 Å². The van der Waals surface area contributed by atoms with E-state index >= 15 is 0 Å². The lowest BCUT2D eigenvalue weighted by Crippen LogP contribution is -1.97. The van der Waals surface area contributed by atoms with Gasteiger partial charge in [-0.25, -0.2) is 18.4 Å². The zero-order valence-electron chi connectivity index (χ0n) is 12.3. The molecule has 0 aliphatic rings.